The highest BCUT2D eigenvalue weighted by Crippen LogP contribution is 2.21. The van der Waals surface area contributed by atoms with Crippen LogP contribution < -0.4 is 15.8 Å². The molecule has 1 heterocycles. The summed E-state index contributed by atoms with van der Waals surface area (Å²) in [4.78, 5) is 16.3. The number of amides is 1. The number of carbonyl (C=O) groups excluding carboxylic acids is 1. The van der Waals surface area contributed by atoms with Gasteiger partial charge < -0.3 is 15.8 Å². The molecule has 1 aromatic heterocycles. The molecule has 0 aliphatic rings. The van der Waals surface area contributed by atoms with E-state index in [1.54, 1.807) is 18.3 Å². The number of benzene rings is 1. The minimum Gasteiger partial charge on any atom is -0.476 e. The van der Waals surface area contributed by atoms with Gasteiger partial charge in [0.1, 0.15) is 5.69 Å². The van der Waals surface area contributed by atoms with Crippen molar-refractivity contribution in [3.8, 4) is 5.88 Å². The van der Waals surface area contributed by atoms with E-state index in [1.807, 2.05) is 31.2 Å². The first-order valence-electron chi connectivity index (χ1n) is 6.89. The van der Waals surface area contributed by atoms with E-state index in [0.717, 1.165) is 11.1 Å². The molecular weight excluding hydrogens is 266 g/mol. The molecule has 0 saturated heterocycles. The summed E-state index contributed by atoms with van der Waals surface area (Å²) in [5, 5.41) is 2.83. The zero-order valence-corrected chi connectivity index (χ0v) is 12.0. The van der Waals surface area contributed by atoms with E-state index in [1.165, 1.54) is 0 Å². The van der Waals surface area contributed by atoms with Crippen LogP contribution in [0.15, 0.2) is 42.6 Å². The number of hydrogen-bond acceptors (Lipinski definition) is 4. The minimum atomic E-state index is -0.121. The molecule has 1 aromatic carbocycles. The number of nitrogens with zero attached hydrogens (tertiary/aromatic N) is 1. The summed E-state index contributed by atoms with van der Waals surface area (Å²) in [7, 11) is 0. The second-order valence-corrected chi connectivity index (χ2v) is 4.49. The van der Waals surface area contributed by atoms with Gasteiger partial charge in [-0.2, -0.15) is 0 Å². The van der Waals surface area contributed by atoms with Crippen LogP contribution in [0.1, 0.15) is 18.1 Å². The molecule has 3 N–H and O–H groups in total. The smallest absolute Gasteiger partial charge is 0.237 e. The Balaban J connectivity index is 2.08. The molecule has 0 unspecified atom stereocenters. The second-order valence-electron chi connectivity index (χ2n) is 4.49. The average Bonchev–Trinajstić information content (AvgIpc) is 2.50. The van der Waals surface area contributed by atoms with Gasteiger partial charge >= 0.3 is 0 Å². The van der Waals surface area contributed by atoms with Crippen molar-refractivity contribution in [1.29, 1.82) is 0 Å². The van der Waals surface area contributed by atoms with Gasteiger partial charge in [-0.1, -0.05) is 24.3 Å². The number of rotatable bonds is 6. The van der Waals surface area contributed by atoms with E-state index in [2.05, 4.69) is 10.3 Å². The molecule has 110 valence electrons. The van der Waals surface area contributed by atoms with Gasteiger partial charge in [0, 0.05) is 12.7 Å². The Morgan fingerprint density at radius 1 is 1.24 bits per heavy atom. The Bertz CT molecular complexity index is 614. The molecule has 0 aliphatic carbocycles. The zero-order valence-electron chi connectivity index (χ0n) is 12.0. The topological polar surface area (TPSA) is 77.2 Å². The molecule has 0 radical (unpaired) electrons. The molecule has 0 aliphatic heterocycles. The van der Waals surface area contributed by atoms with Gasteiger partial charge in [-0.15, -0.1) is 0 Å². The van der Waals surface area contributed by atoms with Crippen LogP contribution in [0, 0.1) is 0 Å². The molecule has 0 atom stereocenters. The summed E-state index contributed by atoms with van der Waals surface area (Å²) in [5.41, 5.74) is 8.16. The third-order valence-corrected chi connectivity index (χ3v) is 3.02. The van der Waals surface area contributed by atoms with E-state index in [4.69, 9.17) is 10.5 Å². The maximum absolute atomic E-state index is 12.2. The molecule has 0 fully saturated rings. The lowest BCUT2D eigenvalue weighted by Gasteiger charge is -2.11. The second kappa shape index (κ2) is 7.40. The Morgan fingerprint density at radius 2 is 2.00 bits per heavy atom. The van der Waals surface area contributed by atoms with Crippen molar-refractivity contribution in [2.24, 2.45) is 5.73 Å². The van der Waals surface area contributed by atoms with E-state index in [-0.39, 0.29) is 12.3 Å². The first-order valence-corrected chi connectivity index (χ1v) is 6.89. The van der Waals surface area contributed by atoms with Crippen molar-refractivity contribution < 1.29 is 9.53 Å². The standard InChI is InChI=1S/C16H19N3O2/c1-2-21-16-14(8-5-9-18-16)19-15(20)10-12-6-3-4-7-13(12)11-17/h3-9H,2,10-11,17H2,1H3,(H,19,20). The Labute approximate surface area is 124 Å². The van der Waals surface area contributed by atoms with Gasteiger partial charge in [0.25, 0.3) is 0 Å². The molecule has 0 bridgehead atoms. The van der Waals surface area contributed by atoms with Gasteiger partial charge in [-0.25, -0.2) is 4.98 Å². The van der Waals surface area contributed by atoms with Crippen LogP contribution in [-0.2, 0) is 17.8 Å². The molecule has 5 heteroatoms. The predicted molar refractivity (Wildman–Crippen MR) is 82.1 cm³/mol. The van der Waals surface area contributed by atoms with Gasteiger partial charge in [0.15, 0.2) is 0 Å². The molecule has 2 rings (SSSR count). The molecule has 0 saturated carbocycles. The van der Waals surface area contributed by atoms with E-state index >= 15 is 0 Å². The lowest BCUT2D eigenvalue weighted by Crippen LogP contribution is -2.17. The van der Waals surface area contributed by atoms with Gasteiger partial charge in [-0.3, -0.25) is 4.79 Å². The van der Waals surface area contributed by atoms with Crippen LogP contribution in [-0.4, -0.2) is 17.5 Å². The molecular formula is C16H19N3O2. The fraction of sp³-hybridized carbons (Fsp3) is 0.250. The number of nitrogens with one attached hydrogen (secondary N) is 1. The number of carbonyl (C=O) groups is 1. The van der Waals surface area contributed by atoms with Crippen molar-refractivity contribution in [3.05, 3.63) is 53.7 Å². The zero-order chi connectivity index (χ0) is 15.1. The van der Waals surface area contributed by atoms with Crippen LogP contribution >= 0.6 is 0 Å². The van der Waals surface area contributed by atoms with Crippen LogP contribution in [0.5, 0.6) is 5.88 Å². The summed E-state index contributed by atoms with van der Waals surface area (Å²) in [5.74, 6) is 0.310. The molecule has 5 nitrogen and oxygen atoms in total. The maximum atomic E-state index is 12.2. The molecule has 0 spiro atoms. The van der Waals surface area contributed by atoms with E-state index in [9.17, 15) is 4.79 Å². The third-order valence-electron chi connectivity index (χ3n) is 3.02. The first kappa shape index (κ1) is 15.0. The summed E-state index contributed by atoms with van der Waals surface area (Å²) >= 11 is 0. The number of ether oxygens (including phenoxy) is 1. The minimum absolute atomic E-state index is 0.121. The fourth-order valence-electron chi connectivity index (χ4n) is 2.03. The Kier molecular flexibility index (Phi) is 5.29. The Morgan fingerprint density at radius 3 is 2.71 bits per heavy atom. The molecule has 2 aromatic rings. The van der Waals surface area contributed by atoms with Crippen LogP contribution in [0.4, 0.5) is 5.69 Å². The maximum Gasteiger partial charge on any atom is 0.237 e. The van der Waals surface area contributed by atoms with Crippen LogP contribution in [0.2, 0.25) is 0 Å². The fourth-order valence-corrected chi connectivity index (χ4v) is 2.03. The van der Waals surface area contributed by atoms with Crippen molar-refractivity contribution in [3.63, 3.8) is 0 Å². The van der Waals surface area contributed by atoms with Crippen molar-refractivity contribution in [2.45, 2.75) is 19.9 Å². The van der Waals surface area contributed by atoms with Gasteiger partial charge in [0.05, 0.1) is 13.0 Å². The number of pyridine rings is 1. The monoisotopic (exact) mass is 285 g/mol. The summed E-state index contributed by atoms with van der Waals surface area (Å²) in [6.07, 6.45) is 1.90. The van der Waals surface area contributed by atoms with Gasteiger partial charge in [-0.05, 0) is 30.2 Å². The van der Waals surface area contributed by atoms with E-state index < -0.39 is 0 Å². The van der Waals surface area contributed by atoms with Crippen molar-refractivity contribution >= 4 is 11.6 Å². The number of nitrogens with two attached hydrogens (primary N) is 1. The largest absolute Gasteiger partial charge is 0.476 e. The summed E-state index contributed by atoms with van der Waals surface area (Å²) < 4.78 is 5.39. The van der Waals surface area contributed by atoms with Crippen molar-refractivity contribution in [2.75, 3.05) is 11.9 Å². The quantitative estimate of drug-likeness (QED) is 0.852. The van der Waals surface area contributed by atoms with Crippen LogP contribution in [0.3, 0.4) is 0 Å². The average molecular weight is 285 g/mol. The number of hydrogen-bond donors (Lipinski definition) is 2. The van der Waals surface area contributed by atoms with Crippen molar-refractivity contribution in [1.82, 2.24) is 4.98 Å². The predicted octanol–water partition coefficient (Wildman–Crippen LogP) is 2.12. The first-order chi connectivity index (χ1) is 10.2. The number of anilines is 1. The normalized spacial score (nSPS) is 10.2. The molecule has 1 amide bonds. The lowest BCUT2D eigenvalue weighted by atomic mass is 10.0. The van der Waals surface area contributed by atoms with Crippen LogP contribution in [0.25, 0.3) is 0 Å². The highest BCUT2D eigenvalue weighted by molar-refractivity contribution is 5.93. The summed E-state index contributed by atoms with van der Waals surface area (Å²) in [6.45, 7) is 2.79. The summed E-state index contributed by atoms with van der Waals surface area (Å²) in [6, 6.07) is 11.2. The lowest BCUT2D eigenvalue weighted by molar-refractivity contribution is -0.115. The number of aromatic nitrogens is 1. The highest BCUT2D eigenvalue weighted by Gasteiger charge is 2.10. The third kappa shape index (κ3) is 4.03. The SMILES string of the molecule is CCOc1ncccc1NC(=O)Cc1ccccc1CN. The Hall–Kier alpha value is -2.40. The highest BCUT2D eigenvalue weighted by atomic mass is 16.5. The van der Waals surface area contributed by atoms with Gasteiger partial charge in [0.2, 0.25) is 11.8 Å². The van der Waals surface area contributed by atoms with E-state index in [0.29, 0.717) is 24.7 Å². The molecule has 21 heavy (non-hydrogen) atoms.